The van der Waals surface area contributed by atoms with Gasteiger partial charge in [-0.2, -0.15) is 0 Å². The van der Waals surface area contributed by atoms with Gasteiger partial charge in [0.25, 0.3) is 0 Å². The van der Waals surface area contributed by atoms with Crippen LogP contribution in [0.15, 0.2) is 24.3 Å². The van der Waals surface area contributed by atoms with E-state index in [1.807, 2.05) is 32.2 Å². The molecule has 2 aromatic rings. The van der Waals surface area contributed by atoms with Gasteiger partial charge in [0, 0.05) is 21.7 Å². The van der Waals surface area contributed by atoms with Crippen LogP contribution in [-0.4, -0.2) is 26.4 Å². The fraction of sp³-hybridized carbons (Fsp3) is 0.500. The predicted molar refractivity (Wildman–Crippen MR) is 85.3 cm³/mol. The zero-order valence-electron chi connectivity index (χ0n) is 12.4. The van der Waals surface area contributed by atoms with Gasteiger partial charge in [-0.05, 0) is 32.3 Å². The van der Waals surface area contributed by atoms with Crippen molar-refractivity contribution in [1.82, 2.24) is 5.32 Å². The first-order chi connectivity index (χ1) is 9.72. The summed E-state index contributed by atoms with van der Waals surface area (Å²) in [6, 6.07) is 8.52. The third-order valence-electron chi connectivity index (χ3n) is 3.04. The van der Waals surface area contributed by atoms with E-state index in [1.54, 1.807) is 0 Å². The fourth-order valence-corrected chi connectivity index (χ4v) is 3.35. The summed E-state index contributed by atoms with van der Waals surface area (Å²) in [7, 11) is 1.98. The molecule has 0 unspecified atom stereocenters. The second-order valence-electron chi connectivity index (χ2n) is 5.00. The van der Waals surface area contributed by atoms with E-state index in [2.05, 4.69) is 29.6 Å². The minimum Gasteiger partial charge on any atom is -0.376 e. The van der Waals surface area contributed by atoms with Crippen molar-refractivity contribution in [3.8, 4) is 0 Å². The predicted octanol–water partition coefficient (Wildman–Crippen LogP) is 3.56. The van der Waals surface area contributed by atoms with E-state index >= 15 is 0 Å². The molecule has 0 saturated heterocycles. The Balaban J connectivity index is 2.01. The molecule has 0 bridgehead atoms. The third kappa shape index (κ3) is 4.03. The van der Waals surface area contributed by atoms with Crippen molar-refractivity contribution in [3.63, 3.8) is 0 Å². The van der Waals surface area contributed by atoms with E-state index in [0.29, 0.717) is 19.8 Å². The Morgan fingerprint density at radius 2 is 2.00 bits per heavy atom. The summed E-state index contributed by atoms with van der Waals surface area (Å²) in [6.45, 7) is 6.92. The van der Waals surface area contributed by atoms with E-state index in [0.717, 1.165) is 6.54 Å². The van der Waals surface area contributed by atoms with Crippen LogP contribution in [0.4, 0.5) is 0 Å². The number of hydrogen-bond acceptors (Lipinski definition) is 4. The van der Waals surface area contributed by atoms with Crippen molar-refractivity contribution in [1.29, 1.82) is 0 Å². The van der Waals surface area contributed by atoms with Gasteiger partial charge in [0.1, 0.15) is 0 Å². The Morgan fingerprint density at radius 1 is 1.20 bits per heavy atom. The van der Waals surface area contributed by atoms with Gasteiger partial charge in [0.2, 0.25) is 0 Å². The number of nitrogens with one attached hydrogen (secondary N) is 1. The lowest BCUT2D eigenvalue weighted by molar-refractivity contribution is 0.0144. The summed E-state index contributed by atoms with van der Waals surface area (Å²) < 4.78 is 12.6. The van der Waals surface area contributed by atoms with Gasteiger partial charge in [-0.25, -0.2) is 0 Å². The number of fused-ring (bicyclic) bond motifs is 1. The zero-order valence-corrected chi connectivity index (χ0v) is 13.3. The molecule has 1 heterocycles. The zero-order chi connectivity index (χ0) is 14.4. The van der Waals surface area contributed by atoms with Crippen LogP contribution < -0.4 is 5.32 Å². The normalized spacial score (nSPS) is 11.6. The summed E-state index contributed by atoms with van der Waals surface area (Å²) in [5, 5.41) is 4.54. The first-order valence-electron chi connectivity index (χ1n) is 7.05. The monoisotopic (exact) mass is 293 g/mol. The molecular formula is C16H23NO2S. The quantitative estimate of drug-likeness (QED) is 0.755. The molecule has 0 aliphatic heterocycles. The number of rotatable bonds is 8. The van der Waals surface area contributed by atoms with Crippen LogP contribution in [0.2, 0.25) is 0 Å². The van der Waals surface area contributed by atoms with Crippen molar-refractivity contribution < 1.29 is 9.47 Å². The van der Waals surface area contributed by atoms with Gasteiger partial charge in [-0.15, -0.1) is 11.3 Å². The molecule has 1 N–H and O–H groups in total. The van der Waals surface area contributed by atoms with E-state index in [9.17, 15) is 0 Å². The molecule has 20 heavy (non-hydrogen) atoms. The molecular weight excluding hydrogens is 270 g/mol. The summed E-state index contributed by atoms with van der Waals surface area (Å²) in [5.41, 5.74) is 1.31. The average Bonchev–Trinajstić information content (AvgIpc) is 2.76. The summed E-state index contributed by atoms with van der Waals surface area (Å²) in [6.07, 6.45) is 0.264. The number of thiophene rings is 1. The van der Waals surface area contributed by atoms with E-state index in [1.165, 1.54) is 20.5 Å². The highest BCUT2D eigenvalue weighted by molar-refractivity contribution is 7.19. The molecule has 0 atom stereocenters. The number of ether oxygens (including phenoxy) is 2. The van der Waals surface area contributed by atoms with Crippen LogP contribution >= 0.6 is 11.3 Å². The van der Waals surface area contributed by atoms with Gasteiger partial charge in [-0.3, -0.25) is 0 Å². The molecule has 0 aliphatic rings. The first-order valence-corrected chi connectivity index (χ1v) is 7.87. The molecule has 3 nitrogen and oxygen atoms in total. The van der Waals surface area contributed by atoms with E-state index in [4.69, 9.17) is 9.47 Å². The molecule has 0 amide bonds. The van der Waals surface area contributed by atoms with Crippen LogP contribution in [0.25, 0.3) is 10.1 Å². The lowest BCUT2D eigenvalue weighted by Gasteiger charge is -2.09. The lowest BCUT2D eigenvalue weighted by Crippen LogP contribution is -2.10. The maximum Gasteiger partial charge on any atom is 0.0735 e. The largest absolute Gasteiger partial charge is 0.376 e. The minimum absolute atomic E-state index is 0.264. The lowest BCUT2D eigenvalue weighted by atomic mass is 10.1. The van der Waals surface area contributed by atoms with E-state index < -0.39 is 0 Å². The van der Waals surface area contributed by atoms with Crippen molar-refractivity contribution in [2.24, 2.45) is 0 Å². The molecule has 0 radical (unpaired) electrons. The Labute approximate surface area is 124 Å². The molecule has 0 spiro atoms. The van der Waals surface area contributed by atoms with Crippen LogP contribution in [0, 0.1) is 0 Å². The number of benzene rings is 1. The maximum atomic E-state index is 5.78. The standard InChI is InChI=1S/C16H23NO2S/c1-12(2)19-9-8-18-11-14-13-6-4-5-7-15(13)20-16(14)10-17-3/h4-7,12,17H,8-11H2,1-3H3. The van der Waals surface area contributed by atoms with Crippen LogP contribution in [-0.2, 0) is 22.6 Å². The van der Waals surface area contributed by atoms with Crippen molar-refractivity contribution in [2.45, 2.75) is 33.1 Å². The van der Waals surface area contributed by atoms with Crippen molar-refractivity contribution >= 4 is 21.4 Å². The van der Waals surface area contributed by atoms with Gasteiger partial charge in [0.15, 0.2) is 0 Å². The topological polar surface area (TPSA) is 30.5 Å². The van der Waals surface area contributed by atoms with Crippen LogP contribution in [0.1, 0.15) is 24.3 Å². The second kappa shape index (κ2) is 7.74. The number of hydrogen-bond donors (Lipinski definition) is 1. The Hall–Kier alpha value is -0.940. The van der Waals surface area contributed by atoms with Gasteiger partial charge in [0.05, 0.1) is 25.9 Å². The Kier molecular flexibility index (Phi) is 5.98. The fourth-order valence-electron chi connectivity index (χ4n) is 2.13. The minimum atomic E-state index is 0.264. The highest BCUT2D eigenvalue weighted by atomic mass is 32.1. The molecule has 0 saturated carbocycles. The van der Waals surface area contributed by atoms with Crippen molar-refractivity contribution in [3.05, 3.63) is 34.7 Å². The first kappa shape index (κ1) is 15.4. The summed E-state index contributed by atoms with van der Waals surface area (Å²) in [4.78, 5) is 1.36. The molecule has 4 heteroatoms. The van der Waals surface area contributed by atoms with Crippen molar-refractivity contribution in [2.75, 3.05) is 20.3 Å². The molecule has 0 fully saturated rings. The highest BCUT2D eigenvalue weighted by Gasteiger charge is 2.11. The molecule has 2 rings (SSSR count). The molecule has 110 valence electrons. The molecule has 1 aromatic carbocycles. The van der Waals surface area contributed by atoms with Gasteiger partial charge >= 0.3 is 0 Å². The van der Waals surface area contributed by atoms with Crippen LogP contribution in [0.3, 0.4) is 0 Å². The van der Waals surface area contributed by atoms with Gasteiger partial charge in [-0.1, -0.05) is 18.2 Å². The maximum absolute atomic E-state index is 5.78. The highest BCUT2D eigenvalue weighted by Crippen LogP contribution is 2.31. The Bertz CT molecular complexity index is 536. The third-order valence-corrected chi connectivity index (χ3v) is 4.26. The molecule has 0 aliphatic carbocycles. The van der Waals surface area contributed by atoms with Crippen LogP contribution in [0.5, 0.6) is 0 Å². The van der Waals surface area contributed by atoms with E-state index in [-0.39, 0.29) is 6.10 Å². The molecule has 1 aromatic heterocycles. The smallest absolute Gasteiger partial charge is 0.0735 e. The van der Waals surface area contributed by atoms with Gasteiger partial charge < -0.3 is 14.8 Å². The summed E-state index contributed by atoms with van der Waals surface area (Å²) >= 11 is 1.84. The SMILES string of the molecule is CNCc1sc2ccccc2c1COCCOC(C)C. The Morgan fingerprint density at radius 3 is 2.75 bits per heavy atom. The average molecular weight is 293 g/mol. The summed E-state index contributed by atoms with van der Waals surface area (Å²) in [5.74, 6) is 0. The second-order valence-corrected chi connectivity index (χ2v) is 6.14.